The van der Waals surface area contributed by atoms with E-state index in [2.05, 4.69) is 0 Å². The van der Waals surface area contributed by atoms with Crippen LogP contribution in [0.5, 0.6) is 0 Å². The normalized spacial score (nSPS) is 7.25. The van der Waals surface area contributed by atoms with Crippen molar-refractivity contribution in [3.05, 3.63) is 0 Å². The van der Waals surface area contributed by atoms with E-state index in [1.54, 1.807) is 0 Å². The zero-order valence-electron chi connectivity index (χ0n) is 2.62. The van der Waals surface area contributed by atoms with Gasteiger partial charge in [-0.15, -0.1) is 0 Å². The fourth-order valence-corrected chi connectivity index (χ4v) is 0. The van der Waals surface area contributed by atoms with Gasteiger partial charge in [0.05, 0.1) is 0 Å². The topological polar surface area (TPSA) is 74.6 Å². The van der Waals surface area contributed by atoms with E-state index in [9.17, 15) is 0 Å². The molecular formula is H8O4S2Sr2. The molecule has 0 aromatic rings. The molecule has 4 nitrogen and oxygen atoms in total. The molecule has 0 aromatic carbocycles. The number of hydrogen-bond donors (Lipinski definition) is 2. The van der Waals surface area contributed by atoms with E-state index >= 15 is 0 Å². The van der Waals surface area contributed by atoms with Gasteiger partial charge in [0.1, 0.15) is 0 Å². The first-order valence-electron chi connectivity index (χ1n) is 0.698. The van der Waals surface area contributed by atoms with Crippen molar-refractivity contribution in [1.82, 2.24) is 0 Å². The summed E-state index contributed by atoms with van der Waals surface area (Å²) in [5.41, 5.74) is 0. The Bertz CT molecular complexity index is 95.2. The van der Waals surface area contributed by atoms with Crippen LogP contribution in [0.3, 0.4) is 0 Å². The molecule has 0 unspecified atom stereocenters. The molecule has 2 N–H and O–H groups in total. The molecule has 48 valence electrons. The first-order chi connectivity index (χ1) is 2.00. The van der Waals surface area contributed by atoms with Crippen molar-refractivity contribution in [3.63, 3.8) is 0 Å². The molecule has 0 saturated carbocycles. The zero-order chi connectivity index (χ0) is 4.50. The third kappa shape index (κ3) is 60.7. The molecule has 0 heterocycles. The Morgan fingerprint density at radius 3 is 1.00 bits per heavy atom. The van der Waals surface area contributed by atoms with E-state index in [1.165, 1.54) is 0 Å². The van der Waals surface area contributed by atoms with Gasteiger partial charge in [0, 0.05) is 0 Å². The summed E-state index contributed by atoms with van der Waals surface area (Å²) in [6.07, 6.45) is 0. The standard InChI is InChI=1S/H2O4S.H2S.2Sr.4H/c1-5(2,3)4;;;;;;;/h(H2,1,2,3,4);1H2;;;;;;. The fourth-order valence-electron chi connectivity index (χ4n) is 0. The van der Waals surface area contributed by atoms with Gasteiger partial charge in [-0.2, -0.15) is 21.9 Å². The predicted octanol–water partition coefficient (Wildman–Crippen LogP) is -2.37. The molecule has 0 aliphatic rings. The average Bonchev–Trinajstić information content (AvgIpc) is 0.722. The fraction of sp³-hybridized carbons (Fsp3) is 0. The van der Waals surface area contributed by atoms with Gasteiger partial charge >= 0.3 is 101 Å². The maximum absolute atomic E-state index is 8.74. The Kier molecular flexibility index (Phi) is 28.6. The van der Waals surface area contributed by atoms with E-state index in [1.807, 2.05) is 0 Å². The Morgan fingerprint density at radius 2 is 1.00 bits per heavy atom. The van der Waals surface area contributed by atoms with Gasteiger partial charge in [0.25, 0.3) is 0 Å². The van der Waals surface area contributed by atoms with Crippen LogP contribution in [0.2, 0.25) is 0 Å². The second-order valence-corrected chi connectivity index (χ2v) is 1.34. The van der Waals surface area contributed by atoms with Crippen LogP contribution in [0, 0.1) is 0 Å². The van der Waals surface area contributed by atoms with Crippen molar-refractivity contribution < 1.29 is 17.5 Å². The second kappa shape index (κ2) is 10.2. The molecule has 8 heteroatoms. The van der Waals surface area contributed by atoms with Crippen LogP contribution in [-0.2, 0) is 10.4 Å². The van der Waals surface area contributed by atoms with Gasteiger partial charge < -0.3 is 0 Å². The molecule has 0 saturated heterocycles. The van der Waals surface area contributed by atoms with Gasteiger partial charge in [-0.25, -0.2) is 0 Å². The molecule has 0 fully saturated rings. The third-order valence-electron chi connectivity index (χ3n) is 0. The van der Waals surface area contributed by atoms with Crippen LogP contribution < -0.4 is 0 Å². The van der Waals surface area contributed by atoms with Crippen molar-refractivity contribution in [2.75, 3.05) is 0 Å². The Labute approximate surface area is 129 Å². The van der Waals surface area contributed by atoms with E-state index in [-0.39, 0.29) is 104 Å². The minimum atomic E-state index is -4.67. The van der Waals surface area contributed by atoms with E-state index in [0.717, 1.165) is 0 Å². The zero-order valence-corrected chi connectivity index (χ0v) is 4.44. The average molecular weight is 311 g/mol. The first-order valence-corrected chi connectivity index (χ1v) is 2.10. The summed E-state index contributed by atoms with van der Waals surface area (Å²) in [5, 5.41) is 0. The van der Waals surface area contributed by atoms with Crippen LogP contribution in [0.4, 0.5) is 0 Å². The van der Waals surface area contributed by atoms with Crippen LogP contribution in [0.15, 0.2) is 0 Å². The molecule has 8 heavy (non-hydrogen) atoms. The quantitative estimate of drug-likeness (QED) is 0.387. The maximum atomic E-state index is 8.74. The van der Waals surface area contributed by atoms with Crippen molar-refractivity contribution in [1.29, 1.82) is 0 Å². The third-order valence-corrected chi connectivity index (χ3v) is 0. The summed E-state index contributed by atoms with van der Waals surface area (Å²) in [6.45, 7) is 0. The Balaban J connectivity index is -0.0000000267. The van der Waals surface area contributed by atoms with Crippen molar-refractivity contribution in [3.8, 4) is 0 Å². The van der Waals surface area contributed by atoms with Gasteiger partial charge in [-0.05, 0) is 0 Å². The van der Waals surface area contributed by atoms with Crippen molar-refractivity contribution in [2.24, 2.45) is 0 Å². The molecule has 0 amide bonds. The summed E-state index contributed by atoms with van der Waals surface area (Å²) in [5.74, 6) is 0. The first kappa shape index (κ1) is 22.5. The summed E-state index contributed by atoms with van der Waals surface area (Å²) in [4.78, 5) is 0. The summed E-state index contributed by atoms with van der Waals surface area (Å²) in [6, 6.07) is 0. The van der Waals surface area contributed by atoms with Crippen molar-refractivity contribution >= 4 is 115 Å². The van der Waals surface area contributed by atoms with E-state index in [0.29, 0.717) is 0 Å². The minimum absolute atomic E-state index is 0. The monoisotopic (exact) mass is 312 g/mol. The summed E-state index contributed by atoms with van der Waals surface area (Å²) < 4.78 is 31.6. The van der Waals surface area contributed by atoms with Crippen LogP contribution in [-0.4, -0.2) is 108 Å². The van der Waals surface area contributed by atoms with Crippen molar-refractivity contribution in [2.45, 2.75) is 0 Å². The van der Waals surface area contributed by atoms with Gasteiger partial charge in [0.2, 0.25) is 0 Å². The molecule has 0 aliphatic heterocycles. The van der Waals surface area contributed by atoms with Crippen LogP contribution in [0.1, 0.15) is 0 Å². The molecular weight excluding hydrogens is 303 g/mol. The molecule has 0 radical (unpaired) electrons. The second-order valence-electron chi connectivity index (χ2n) is 0.448. The van der Waals surface area contributed by atoms with E-state index < -0.39 is 10.4 Å². The Morgan fingerprint density at radius 1 is 1.00 bits per heavy atom. The summed E-state index contributed by atoms with van der Waals surface area (Å²) in [7, 11) is -4.67. The molecule has 0 aliphatic carbocycles. The molecule has 0 spiro atoms. The number of hydrogen-bond acceptors (Lipinski definition) is 2. The molecule has 0 rings (SSSR count). The number of rotatable bonds is 0. The van der Waals surface area contributed by atoms with Gasteiger partial charge in [0.15, 0.2) is 0 Å². The van der Waals surface area contributed by atoms with E-state index in [4.69, 9.17) is 17.5 Å². The SMILES string of the molecule is O=S(=O)(O)O.S.[SrH2].[SrH2]. The van der Waals surface area contributed by atoms with Gasteiger partial charge in [-0.3, -0.25) is 9.11 Å². The predicted molar refractivity (Wildman–Crippen MR) is 41.6 cm³/mol. The molecule has 0 bridgehead atoms. The Hall–Kier alpha value is 3.18. The molecule has 0 aromatic heterocycles. The summed E-state index contributed by atoms with van der Waals surface area (Å²) >= 11 is 0. The van der Waals surface area contributed by atoms with Crippen LogP contribution >= 0.6 is 13.5 Å². The molecule has 0 atom stereocenters. The van der Waals surface area contributed by atoms with Gasteiger partial charge in [-0.1, -0.05) is 0 Å². The van der Waals surface area contributed by atoms with Crippen LogP contribution in [0.25, 0.3) is 0 Å².